The van der Waals surface area contributed by atoms with Crippen molar-refractivity contribution in [2.24, 2.45) is 10.9 Å². The molecule has 0 unspecified atom stereocenters. The molecular formula is C27H25N5O3S. The quantitative estimate of drug-likeness (QED) is 0.468. The van der Waals surface area contributed by atoms with Crippen LogP contribution in [-0.4, -0.2) is 26.0 Å². The van der Waals surface area contributed by atoms with E-state index in [0.717, 1.165) is 28.9 Å². The highest BCUT2D eigenvalue weighted by molar-refractivity contribution is 7.07. The Hall–Kier alpha value is -3.98. The van der Waals surface area contributed by atoms with E-state index in [9.17, 15) is 9.59 Å². The number of fused-ring (bicyclic) bond motifs is 6. The van der Waals surface area contributed by atoms with Crippen LogP contribution >= 0.6 is 11.3 Å². The molecule has 4 heterocycles. The standard InChI is InChI=1S/C27H25N5O3S/c1-4-31-15-17(14-28-31)13-21-25(34)32-23-18-10-6-8-12-20(18)35-27(3,30-26(32)36-21)22(23)24(33)29-19-11-7-5-9-16(19)2/h5-15,22-23H,4H2,1-3H3,(H,29,33)/b21-13-/t22-,23-,27-/m0/s1. The minimum atomic E-state index is -1.17. The van der Waals surface area contributed by atoms with Crippen molar-refractivity contribution in [2.75, 3.05) is 5.32 Å². The lowest BCUT2D eigenvalue weighted by Crippen LogP contribution is -2.59. The molecule has 0 spiro atoms. The number of nitrogens with one attached hydrogen (secondary N) is 1. The van der Waals surface area contributed by atoms with Crippen molar-refractivity contribution in [1.29, 1.82) is 0 Å². The van der Waals surface area contributed by atoms with E-state index in [2.05, 4.69) is 10.4 Å². The van der Waals surface area contributed by atoms with E-state index < -0.39 is 17.7 Å². The number of hydrogen-bond acceptors (Lipinski definition) is 6. The highest BCUT2D eigenvalue weighted by atomic mass is 32.1. The first-order valence-corrected chi connectivity index (χ1v) is 12.7. The number of benzene rings is 2. The van der Waals surface area contributed by atoms with E-state index in [1.807, 2.05) is 86.3 Å². The Balaban J connectivity index is 1.53. The largest absolute Gasteiger partial charge is 0.465 e. The van der Waals surface area contributed by atoms with Gasteiger partial charge in [0.1, 0.15) is 11.7 Å². The summed E-state index contributed by atoms with van der Waals surface area (Å²) in [6.45, 7) is 6.52. The minimum absolute atomic E-state index is 0.180. The highest BCUT2D eigenvalue weighted by Crippen LogP contribution is 2.47. The molecule has 2 aromatic carbocycles. The van der Waals surface area contributed by atoms with Crippen molar-refractivity contribution < 1.29 is 9.53 Å². The lowest BCUT2D eigenvalue weighted by molar-refractivity contribution is -0.131. The first-order valence-electron chi connectivity index (χ1n) is 11.9. The second kappa shape index (κ2) is 8.30. The minimum Gasteiger partial charge on any atom is -0.465 e. The number of carbonyl (C=O) groups is 1. The van der Waals surface area contributed by atoms with E-state index >= 15 is 0 Å². The van der Waals surface area contributed by atoms with E-state index in [4.69, 9.17) is 9.73 Å². The first kappa shape index (κ1) is 22.5. The van der Waals surface area contributed by atoms with Crippen LogP contribution < -0.4 is 24.9 Å². The molecule has 8 nitrogen and oxygen atoms in total. The number of aromatic nitrogens is 3. The van der Waals surface area contributed by atoms with Gasteiger partial charge < -0.3 is 10.1 Å². The van der Waals surface area contributed by atoms with Crippen molar-refractivity contribution in [1.82, 2.24) is 14.3 Å². The van der Waals surface area contributed by atoms with Gasteiger partial charge in [0.25, 0.3) is 5.56 Å². The van der Waals surface area contributed by atoms with E-state index in [0.29, 0.717) is 15.1 Å². The molecule has 2 bridgehead atoms. The fourth-order valence-corrected chi connectivity index (χ4v) is 6.14. The van der Waals surface area contributed by atoms with Crippen molar-refractivity contribution in [2.45, 2.75) is 39.1 Å². The van der Waals surface area contributed by atoms with Gasteiger partial charge in [-0.05, 0) is 44.5 Å². The zero-order chi connectivity index (χ0) is 25.0. The van der Waals surface area contributed by atoms with Gasteiger partial charge >= 0.3 is 0 Å². The normalized spacial score (nSPS) is 22.2. The van der Waals surface area contributed by atoms with Crippen molar-refractivity contribution in [3.63, 3.8) is 0 Å². The van der Waals surface area contributed by atoms with Gasteiger partial charge in [-0.25, -0.2) is 4.99 Å². The average molecular weight is 500 g/mol. The summed E-state index contributed by atoms with van der Waals surface area (Å²) in [4.78, 5) is 33.0. The van der Waals surface area contributed by atoms with Crippen LogP contribution in [0.2, 0.25) is 0 Å². The lowest BCUT2D eigenvalue weighted by atomic mass is 9.80. The third-order valence-corrected chi connectivity index (χ3v) is 7.82. The molecular weight excluding hydrogens is 474 g/mol. The highest BCUT2D eigenvalue weighted by Gasteiger charge is 2.55. The van der Waals surface area contributed by atoms with Gasteiger partial charge in [-0.1, -0.05) is 47.7 Å². The van der Waals surface area contributed by atoms with Crippen LogP contribution in [0.25, 0.3) is 6.08 Å². The number of rotatable bonds is 4. The molecule has 9 heteroatoms. The van der Waals surface area contributed by atoms with Crippen molar-refractivity contribution in [3.05, 3.63) is 97.3 Å². The average Bonchev–Trinajstić information content (AvgIpc) is 3.43. The zero-order valence-corrected chi connectivity index (χ0v) is 21.0. The van der Waals surface area contributed by atoms with Crippen molar-refractivity contribution in [3.8, 4) is 5.75 Å². The van der Waals surface area contributed by atoms with E-state index in [1.165, 1.54) is 11.3 Å². The van der Waals surface area contributed by atoms with Crippen LogP contribution in [-0.2, 0) is 11.3 Å². The first-order chi connectivity index (χ1) is 17.4. The second-order valence-corrected chi connectivity index (χ2v) is 10.2. The number of para-hydroxylation sites is 2. The molecule has 0 saturated heterocycles. The number of thiazole rings is 1. The number of amides is 1. The predicted octanol–water partition coefficient (Wildman–Crippen LogP) is 2.85. The SMILES string of the molecule is CCn1cc(/C=c2\sc3n(c2=O)[C@H]2c4ccccc4O[C@](C)(N=3)[C@@H]2C(=O)Nc2ccccc2C)cn1. The number of ether oxygens (including phenoxy) is 1. The Kier molecular flexibility index (Phi) is 5.19. The molecule has 2 aliphatic rings. The summed E-state index contributed by atoms with van der Waals surface area (Å²) in [5, 5.41) is 7.36. The van der Waals surface area contributed by atoms with Crippen LogP contribution in [0.1, 0.15) is 36.6 Å². The number of hydrogen-bond donors (Lipinski definition) is 1. The molecule has 1 amide bonds. The third-order valence-electron chi connectivity index (χ3n) is 6.84. The fourth-order valence-electron chi connectivity index (χ4n) is 5.05. The number of carbonyl (C=O) groups excluding carboxylic acids is 1. The van der Waals surface area contributed by atoms with Crippen molar-refractivity contribution >= 4 is 29.0 Å². The van der Waals surface area contributed by atoms with Crippen LogP contribution in [0.3, 0.4) is 0 Å². The summed E-state index contributed by atoms with van der Waals surface area (Å²) in [7, 11) is 0. The van der Waals surface area contributed by atoms with Gasteiger partial charge in [-0.15, -0.1) is 0 Å². The van der Waals surface area contributed by atoms with Gasteiger partial charge in [0, 0.05) is 29.6 Å². The maximum absolute atomic E-state index is 13.8. The number of aryl methyl sites for hydroxylation is 2. The maximum Gasteiger partial charge on any atom is 0.270 e. The Morgan fingerprint density at radius 1 is 1.22 bits per heavy atom. The summed E-state index contributed by atoms with van der Waals surface area (Å²) in [5.74, 6) is -0.358. The smallest absolute Gasteiger partial charge is 0.270 e. The van der Waals surface area contributed by atoms with Crippen LogP contribution in [0.4, 0.5) is 5.69 Å². The molecule has 6 rings (SSSR count). The molecule has 3 atom stereocenters. The van der Waals surface area contributed by atoms with Gasteiger partial charge in [0.2, 0.25) is 11.6 Å². The third kappa shape index (κ3) is 3.50. The summed E-state index contributed by atoms with van der Waals surface area (Å²) in [6.07, 6.45) is 5.46. The molecule has 4 aromatic rings. The van der Waals surface area contributed by atoms with E-state index in [1.54, 1.807) is 10.8 Å². The van der Waals surface area contributed by atoms with Gasteiger partial charge in [0.15, 0.2) is 4.80 Å². The Morgan fingerprint density at radius 3 is 2.78 bits per heavy atom. The molecule has 0 aliphatic carbocycles. The predicted molar refractivity (Wildman–Crippen MR) is 138 cm³/mol. The molecule has 36 heavy (non-hydrogen) atoms. The summed E-state index contributed by atoms with van der Waals surface area (Å²) < 4.78 is 10.4. The molecule has 0 saturated carbocycles. The number of anilines is 1. The van der Waals surface area contributed by atoms with Crippen LogP contribution in [0, 0.1) is 12.8 Å². The number of nitrogens with zero attached hydrogens (tertiary/aromatic N) is 4. The second-order valence-electron chi connectivity index (χ2n) is 9.23. The Labute approximate surface area is 211 Å². The fraction of sp³-hybridized carbons (Fsp3) is 0.259. The molecule has 1 N–H and O–H groups in total. The van der Waals surface area contributed by atoms with Crippen LogP contribution in [0.15, 0.2) is 70.7 Å². The molecule has 2 aromatic heterocycles. The molecule has 0 radical (unpaired) electrons. The summed E-state index contributed by atoms with van der Waals surface area (Å²) in [6, 6.07) is 14.6. The van der Waals surface area contributed by atoms with Crippen LogP contribution in [0.5, 0.6) is 5.75 Å². The molecule has 0 fully saturated rings. The maximum atomic E-state index is 13.8. The van der Waals surface area contributed by atoms with Gasteiger partial charge in [-0.3, -0.25) is 18.8 Å². The topological polar surface area (TPSA) is 90.5 Å². The summed E-state index contributed by atoms with van der Waals surface area (Å²) in [5.41, 5.74) is 1.96. The lowest BCUT2D eigenvalue weighted by Gasteiger charge is -2.45. The van der Waals surface area contributed by atoms with Gasteiger partial charge in [0.05, 0.1) is 16.8 Å². The Morgan fingerprint density at radius 2 is 2.00 bits per heavy atom. The zero-order valence-electron chi connectivity index (χ0n) is 20.1. The van der Waals surface area contributed by atoms with E-state index in [-0.39, 0.29) is 11.5 Å². The summed E-state index contributed by atoms with van der Waals surface area (Å²) >= 11 is 1.30. The monoisotopic (exact) mass is 499 g/mol. The molecule has 2 aliphatic heterocycles. The Bertz CT molecular complexity index is 1680. The van der Waals surface area contributed by atoms with Gasteiger partial charge in [-0.2, -0.15) is 5.10 Å². The molecule has 182 valence electrons.